The third kappa shape index (κ3) is 3.05. The lowest BCUT2D eigenvalue weighted by Crippen LogP contribution is -2.29. The Morgan fingerprint density at radius 2 is 1.84 bits per heavy atom. The Hall–Kier alpha value is -2.24. The first-order valence-electron chi connectivity index (χ1n) is 8.27. The topological polar surface area (TPSA) is 28.2 Å². The molecule has 1 fully saturated rings. The van der Waals surface area contributed by atoms with E-state index in [2.05, 4.69) is 71.5 Å². The van der Waals surface area contributed by atoms with Crippen LogP contribution in [0, 0.1) is 13.8 Å². The van der Waals surface area contributed by atoms with Crippen LogP contribution in [0.15, 0.2) is 60.8 Å². The second-order valence-corrected chi connectivity index (χ2v) is 7.99. The summed E-state index contributed by atoms with van der Waals surface area (Å²) in [4.78, 5) is 9.39. The lowest BCUT2D eigenvalue weighted by molar-refractivity contribution is 0.575. The minimum absolute atomic E-state index is 0.0352. The SMILES string of the molecule is Cc1ccc(N2C(=S)N[C@@H](c3ccccn3)[C@@H]2c2ccc(C)s2)cc1. The molecule has 3 aromatic rings. The van der Waals surface area contributed by atoms with Gasteiger partial charge in [0.05, 0.1) is 17.8 Å². The predicted molar refractivity (Wildman–Crippen MR) is 108 cm³/mol. The fourth-order valence-electron chi connectivity index (χ4n) is 3.24. The number of nitrogens with zero attached hydrogens (tertiary/aromatic N) is 2. The number of nitrogens with one attached hydrogen (secondary N) is 1. The predicted octanol–water partition coefficient (Wildman–Crippen LogP) is 4.94. The average molecular weight is 366 g/mol. The number of hydrogen-bond acceptors (Lipinski definition) is 3. The molecule has 5 heteroatoms. The van der Waals surface area contributed by atoms with E-state index in [1.54, 1.807) is 0 Å². The number of aryl methyl sites for hydroxylation is 2. The second-order valence-electron chi connectivity index (χ2n) is 6.28. The number of rotatable bonds is 3. The summed E-state index contributed by atoms with van der Waals surface area (Å²) in [7, 11) is 0. The summed E-state index contributed by atoms with van der Waals surface area (Å²) in [5, 5.41) is 4.24. The molecule has 0 aliphatic carbocycles. The maximum Gasteiger partial charge on any atom is 0.174 e. The van der Waals surface area contributed by atoms with Crippen LogP contribution in [-0.2, 0) is 0 Å². The fourth-order valence-corrected chi connectivity index (χ4v) is 4.59. The van der Waals surface area contributed by atoms with Crippen molar-refractivity contribution >= 4 is 34.4 Å². The molecule has 1 saturated heterocycles. The molecule has 0 amide bonds. The Morgan fingerprint density at radius 3 is 2.48 bits per heavy atom. The van der Waals surface area contributed by atoms with E-state index < -0.39 is 0 Å². The molecular formula is C20H19N3S2. The van der Waals surface area contributed by atoms with Crippen LogP contribution in [0.4, 0.5) is 5.69 Å². The normalized spacial score (nSPS) is 19.9. The summed E-state index contributed by atoms with van der Waals surface area (Å²) >= 11 is 7.53. The molecule has 4 rings (SSSR count). The van der Waals surface area contributed by atoms with E-state index in [-0.39, 0.29) is 12.1 Å². The van der Waals surface area contributed by atoms with Crippen LogP contribution in [0.1, 0.15) is 33.1 Å². The summed E-state index contributed by atoms with van der Waals surface area (Å²) in [5.41, 5.74) is 3.36. The zero-order valence-electron chi connectivity index (χ0n) is 14.1. The van der Waals surface area contributed by atoms with Crippen LogP contribution in [0.3, 0.4) is 0 Å². The highest BCUT2D eigenvalue weighted by Gasteiger charge is 2.41. The Balaban J connectivity index is 1.81. The molecule has 1 N–H and O–H groups in total. The first-order chi connectivity index (χ1) is 12.1. The van der Waals surface area contributed by atoms with Crippen molar-refractivity contribution in [3.8, 4) is 0 Å². The third-order valence-corrected chi connectivity index (χ3v) is 5.85. The number of thiophene rings is 1. The van der Waals surface area contributed by atoms with Gasteiger partial charge in [-0.3, -0.25) is 4.98 Å². The zero-order valence-corrected chi connectivity index (χ0v) is 15.8. The first-order valence-corrected chi connectivity index (χ1v) is 9.49. The molecule has 1 aliphatic rings. The van der Waals surface area contributed by atoms with Gasteiger partial charge in [0.1, 0.15) is 0 Å². The highest BCUT2D eigenvalue weighted by atomic mass is 32.1. The second kappa shape index (κ2) is 6.58. The molecule has 1 aromatic carbocycles. The quantitative estimate of drug-likeness (QED) is 0.666. The van der Waals surface area contributed by atoms with Gasteiger partial charge in [-0.05, 0) is 62.5 Å². The van der Waals surface area contributed by atoms with E-state index in [1.165, 1.54) is 15.3 Å². The van der Waals surface area contributed by atoms with Crippen molar-refractivity contribution in [3.05, 3.63) is 81.8 Å². The Bertz CT molecular complexity index is 887. The maximum atomic E-state index is 5.71. The van der Waals surface area contributed by atoms with Crippen LogP contribution in [0.5, 0.6) is 0 Å². The number of aromatic nitrogens is 1. The molecule has 3 nitrogen and oxygen atoms in total. The molecule has 25 heavy (non-hydrogen) atoms. The summed E-state index contributed by atoms with van der Waals surface area (Å²) in [5.74, 6) is 0. The number of pyridine rings is 1. The van der Waals surface area contributed by atoms with Crippen molar-refractivity contribution in [3.63, 3.8) is 0 Å². The zero-order chi connectivity index (χ0) is 17.4. The van der Waals surface area contributed by atoms with Crippen molar-refractivity contribution in [1.29, 1.82) is 0 Å². The smallest absolute Gasteiger partial charge is 0.174 e. The van der Waals surface area contributed by atoms with Gasteiger partial charge in [-0.25, -0.2) is 0 Å². The summed E-state index contributed by atoms with van der Waals surface area (Å²) < 4.78 is 0. The van der Waals surface area contributed by atoms with E-state index in [0.29, 0.717) is 0 Å². The van der Waals surface area contributed by atoms with Crippen molar-refractivity contribution in [2.24, 2.45) is 0 Å². The summed E-state index contributed by atoms with van der Waals surface area (Å²) in [6.07, 6.45) is 1.84. The van der Waals surface area contributed by atoms with E-state index in [1.807, 2.05) is 29.7 Å². The lowest BCUT2D eigenvalue weighted by atomic mass is 10.0. The molecule has 0 unspecified atom stereocenters. The summed E-state index contributed by atoms with van der Waals surface area (Å²) in [6.45, 7) is 4.24. The van der Waals surface area contributed by atoms with Gasteiger partial charge in [0.25, 0.3) is 0 Å². The minimum atomic E-state index is 0.0352. The van der Waals surface area contributed by atoms with Gasteiger partial charge in [0.15, 0.2) is 5.11 Å². The fraction of sp³-hybridized carbons (Fsp3) is 0.200. The molecular weight excluding hydrogens is 346 g/mol. The van der Waals surface area contributed by atoms with Gasteiger partial charge in [-0.1, -0.05) is 23.8 Å². The minimum Gasteiger partial charge on any atom is -0.351 e. The molecule has 0 radical (unpaired) electrons. The van der Waals surface area contributed by atoms with Crippen molar-refractivity contribution in [2.45, 2.75) is 25.9 Å². The van der Waals surface area contributed by atoms with Gasteiger partial charge >= 0.3 is 0 Å². The Kier molecular flexibility index (Phi) is 4.27. The largest absolute Gasteiger partial charge is 0.351 e. The van der Waals surface area contributed by atoms with Crippen molar-refractivity contribution in [2.75, 3.05) is 4.90 Å². The summed E-state index contributed by atoms with van der Waals surface area (Å²) in [6, 6.07) is 19.1. The van der Waals surface area contributed by atoms with Gasteiger partial charge in [0, 0.05) is 21.6 Å². The van der Waals surface area contributed by atoms with Crippen LogP contribution in [-0.4, -0.2) is 10.1 Å². The molecule has 3 heterocycles. The lowest BCUT2D eigenvalue weighted by Gasteiger charge is -2.27. The van der Waals surface area contributed by atoms with Crippen LogP contribution < -0.4 is 10.2 Å². The van der Waals surface area contributed by atoms with Crippen molar-refractivity contribution in [1.82, 2.24) is 10.3 Å². The molecule has 0 saturated carbocycles. The van der Waals surface area contributed by atoms with Gasteiger partial charge in [0.2, 0.25) is 0 Å². The standard InChI is InChI=1S/C20H19N3S2/c1-13-6-9-15(10-7-13)23-19(17-11-8-14(2)25-17)18(22-20(23)24)16-5-3-4-12-21-16/h3-12,18-19H,1-2H3,(H,22,24)/t18-,19-/m0/s1. The number of anilines is 1. The first kappa shape index (κ1) is 16.2. The Morgan fingerprint density at radius 1 is 1.04 bits per heavy atom. The number of thiocarbonyl (C=S) groups is 1. The molecule has 1 aliphatic heterocycles. The highest BCUT2D eigenvalue weighted by molar-refractivity contribution is 7.80. The van der Waals surface area contributed by atoms with Gasteiger partial charge < -0.3 is 10.2 Å². The molecule has 2 aromatic heterocycles. The Labute approximate surface area is 157 Å². The molecule has 2 atom stereocenters. The maximum absolute atomic E-state index is 5.71. The molecule has 0 spiro atoms. The van der Waals surface area contributed by atoms with Crippen LogP contribution in [0.2, 0.25) is 0 Å². The number of benzene rings is 1. The molecule has 0 bridgehead atoms. The monoisotopic (exact) mass is 365 g/mol. The third-order valence-electron chi connectivity index (χ3n) is 4.46. The number of hydrogen-bond donors (Lipinski definition) is 1. The van der Waals surface area contributed by atoms with E-state index >= 15 is 0 Å². The van der Waals surface area contributed by atoms with Gasteiger partial charge in [-0.15, -0.1) is 11.3 Å². The van der Waals surface area contributed by atoms with Crippen molar-refractivity contribution < 1.29 is 0 Å². The average Bonchev–Trinajstić information content (AvgIpc) is 3.20. The van der Waals surface area contributed by atoms with E-state index in [0.717, 1.165) is 16.5 Å². The molecule has 126 valence electrons. The van der Waals surface area contributed by atoms with Gasteiger partial charge in [-0.2, -0.15) is 0 Å². The van der Waals surface area contributed by atoms with E-state index in [9.17, 15) is 0 Å². The van der Waals surface area contributed by atoms with Crippen LogP contribution in [0.25, 0.3) is 0 Å². The van der Waals surface area contributed by atoms with Crippen LogP contribution >= 0.6 is 23.6 Å². The highest BCUT2D eigenvalue weighted by Crippen LogP contribution is 2.43. The van der Waals surface area contributed by atoms with E-state index in [4.69, 9.17) is 12.2 Å².